The molecule has 2 aromatic rings. The molecule has 0 aliphatic carbocycles. The molecule has 5 heteroatoms. The van der Waals surface area contributed by atoms with Gasteiger partial charge in [0, 0.05) is 0 Å². The number of amides is 1. The zero-order valence-corrected chi connectivity index (χ0v) is 14.8. The molecule has 0 aliphatic heterocycles. The highest BCUT2D eigenvalue weighted by molar-refractivity contribution is 5.81. The van der Waals surface area contributed by atoms with Crippen LogP contribution < -0.4 is 14.8 Å². The van der Waals surface area contributed by atoms with Crippen molar-refractivity contribution in [1.29, 1.82) is 0 Å². The fourth-order valence-electron chi connectivity index (χ4n) is 2.25. The monoisotopic (exact) mass is 345 g/mol. The Morgan fingerprint density at radius 1 is 1.16 bits per heavy atom. The second-order valence-electron chi connectivity index (χ2n) is 5.98. The van der Waals surface area contributed by atoms with E-state index in [2.05, 4.69) is 5.32 Å². The van der Waals surface area contributed by atoms with E-state index in [4.69, 9.17) is 9.47 Å². The van der Waals surface area contributed by atoms with Gasteiger partial charge in [0.05, 0.1) is 6.04 Å². The molecule has 0 aliphatic rings. The summed E-state index contributed by atoms with van der Waals surface area (Å²) in [7, 11) is 0. The Morgan fingerprint density at radius 2 is 1.84 bits per heavy atom. The number of aryl methyl sites for hydroxylation is 1. The Kier molecular flexibility index (Phi) is 6.81. The van der Waals surface area contributed by atoms with Gasteiger partial charge in [-0.3, -0.25) is 4.79 Å². The molecular weight excluding hydrogens is 321 g/mol. The van der Waals surface area contributed by atoms with Gasteiger partial charge in [-0.1, -0.05) is 36.8 Å². The summed E-state index contributed by atoms with van der Waals surface area (Å²) in [5.41, 5.74) is 1.16. The van der Waals surface area contributed by atoms with Crippen molar-refractivity contribution in [2.24, 2.45) is 0 Å². The number of halogens is 1. The van der Waals surface area contributed by atoms with Gasteiger partial charge in [-0.05, 0) is 44.5 Å². The van der Waals surface area contributed by atoms with Crippen LogP contribution in [0.25, 0.3) is 0 Å². The fourth-order valence-corrected chi connectivity index (χ4v) is 2.25. The first kappa shape index (κ1) is 18.8. The van der Waals surface area contributed by atoms with E-state index in [-0.39, 0.29) is 17.7 Å². The Labute approximate surface area is 148 Å². The van der Waals surface area contributed by atoms with E-state index in [1.165, 1.54) is 12.1 Å². The number of hydrogen-bond donors (Lipinski definition) is 1. The van der Waals surface area contributed by atoms with Gasteiger partial charge in [0.1, 0.15) is 12.4 Å². The van der Waals surface area contributed by atoms with Gasteiger partial charge in [0.15, 0.2) is 17.7 Å². The van der Waals surface area contributed by atoms with E-state index in [0.717, 1.165) is 11.3 Å². The molecule has 0 radical (unpaired) electrons. The number of nitrogens with one attached hydrogen (secondary N) is 1. The molecule has 0 spiro atoms. The van der Waals surface area contributed by atoms with E-state index in [1.54, 1.807) is 12.1 Å². The molecule has 2 rings (SSSR count). The van der Waals surface area contributed by atoms with Gasteiger partial charge >= 0.3 is 0 Å². The first-order valence-electron chi connectivity index (χ1n) is 8.40. The lowest BCUT2D eigenvalue weighted by molar-refractivity contribution is -0.129. The Hall–Kier alpha value is -2.56. The second kappa shape index (κ2) is 9.06. The summed E-state index contributed by atoms with van der Waals surface area (Å²) in [6.45, 7) is 6.01. The van der Waals surface area contributed by atoms with Gasteiger partial charge in [0.25, 0.3) is 5.91 Å². The number of hydrogen-bond acceptors (Lipinski definition) is 3. The molecule has 2 unspecified atom stereocenters. The molecule has 1 amide bonds. The largest absolute Gasteiger partial charge is 0.491 e. The molecular formula is C20H24FNO3. The lowest BCUT2D eigenvalue weighted by Crippen LogP contribution is -2.44. The fraction of sp³-hybridized carbons (Fsp3) is 0.350. The normalized spacial score (nSPS) is 13.0. The van der Waals surface area contributed by atoms with E-state index < -0.39 is 11.9 Å². The molecule has 0 fully saturated rings. The Morgan fingerprint density at radius 3 is 2.48 bits per heavy atom. The van der Waals surface area contributed by atoms with Crippen molar-refractivity contribution in [1.82, 2.24) is 5.32 Å². The van der Waals surface area contributed by atoms with Crippen molar-refractivity contribution in [2.45, 2.75) is 39.3 Å². The third-order valence-electron chi connectivity index (χ3n) is 3.68. The van der Waals surface area contributed by atoms with Crippen LogP contribution in [0, 0.1) is 12.7 Å². The van der Waals surface area contributed by atoms with Crippen molar-refractivity contribution in [3.05, 3.63) is 59.9 Å². The maximum absolute atomic E-state index is 13.7. The summed E-state index contributed by atoms with van der Waals surface area (Å²) < 4.78 is 24.8. The Balaban J connectivity index is 1.85. The smallest absolute Gasteiger partial charge is 0.261 e. The highest BCUT2D eigenvalue weighted by Crippen LogP contribution is 2.18. The van der Waals surface area contributed by atoms with Crippen molar-refractivity contribution in [2.75, 3.05) is 6.61 Å². The Bertz CT molecular complexity index is 688. The molecule has 0 heterocycles. The number of para-hydroxylation sites is 1. The van der Waals surface area contributed by atoms with Crippen LogP contribution in [0.3, 0.4) is 0 Å². The molecule has 0 saturated carbocycles. The summed E-state index contributed by atoms with van der Waals surface area (Å²) in [6.07, 6.45) is -0.315. The number of carbonyl (C=O) groups is 1. The summed E-state index contributed by atoms with van der Waals surface area (Å²) in [5.74, 6) is 0.0599. The number of benzene rings is 2. The van der Waals surface area contributed by atoms with Gasteiger partial charge in [0.2, 0.25) is 0 Å². The average Bonchev–Trinajstić information content (AvgIpc) is 2.60. The standard InChI is InChI=1S/C20H24FNO3/c1-4-18(25-19-8-6-5-7-17(19)21)20(23)22-15(3)13-24-16-11-9-14(2)10-12-16/h5-12,15,18H,4,13H2,1-3H3,(H,22,23). The van der Waals surface area contributed by atoms with Gasteiger partial charge in [-0.25, -0.2) is 4.39 Å². The number of ether oxygens (including phenoxy) is 2. The zero-order chi connectivity index (χ0) is 18.2. The van der Waals surface area contributed by atoms with E-state index in [9.17, 15) is 9.18 Å². The van der Waals surface area contributed by atoms with E-state index in [1.807, 2.05) is 45.0 Å². The molecule has 0 bridgehead atoms. The molecule has 2 aromatic carbocycles. The van der Waals surface area contributed by atoms with Crippen molar-refractivity contribution in [3.8, 4) is 11.5 Å². The summed E-state index contributed by atoms with van der Waals surface area (Å²) in [5, 5.41) is 2.84. The topological polar surface area (TPSA) is 47.6 Å². The minimum atomic E-state index is -0.751. The van der Waals surface area contributed by atoms with Crippen LogP contribution in [0.15, 0.2) is 48.5 Å². The summed E-state index contributed by atoms with van der Waals surface area (Å²) in [6, 6.07) is 13.6. The highest BCUT2D eigenvalue weighted by Gasteiger charge is 2.21. The molecule has 2 atom stereocenters. The van der Waals surface area contributed by atoms with Crippen molar-refractivity contribution < 1.29 is 18.7 Å². The van der Waals surface area contributed by atoms with Crippen LogP contribution in [-0.2, 0) is 4.79 Å². The number of rotatable bonds is 8. The average molecular weight is 345 g/mol. The van der Waals surface area contributed by atoms with Gasteiger partial charge in [-0.15, -0.1) is 0 Å². The molecule has 0 aromatic heterocycles. The van der Waals surface area contributed by atoms with Crippen LogP contribution in [0.2, 0.25) is 0 Å². The maximum Gasteiger partial charge on any atom is 0.261 e. The summed E-state index contributed by atoms with van der Waals surface area (Å²) in [4.78, 5) is 12.3. The third kappa shape index (κ3) is 5.78. The van der Waals surface area contributed by atoms with Crippen LogP contribution in [0.4, 0.5) is 4.39 Å². The first-order valence-corrected chi connectivity index (χ1v) is 8.40. The molecule has 4 nitrogen and oxygen atoms in total. The zero-order valence-electron chi connectivity index (χ0n) is 14.8. The minimum Gasteiger partial charge on any atom is -0.491 e. The number of carbonyl (C=O) groups excluding carboxylic acids is 1. The van der Waals surface area contributed by atoms with E-state index >= 15 is 0 Å². The van der Waals surface area contributed by atoms with Crippen LogP contribution in [0.1, 0.15) is 25.8 Å². The lowest BCUT2D eigenvalue weighted by Gasteiger charge is -2.21. The van der Waals surface area contributed by atoms with Crippen LogP contribution >= 0.6 is 0 Å². The van der Waals surface area contributed by atoms with Crippen LogP contribution in [-0.4, -0.2) is 24.7 Å². The molecule has 134 valence electrons. The molecule has 0 saturated heterocycles. The SMILES string of the molecule is CCC(Oc1ccccc1F)C(=O)NC(C)COc1ccc(C)cc1. The van der Waals surface area contributed by atoms with Gasteiger partial charge in [-0.2, -0.15) is 0 Å². The van der Waals surface area contributed by atoms with Crippen molar-refractivity contribution >= 4 is 5.91 Å². The summed E-state index contributed by atoms with van der Waals surface area (Å²) >= 11 is 0. The molecule has 1 N–H and O–H groups in total. The maximum atomic E-state index is 13.7. The lowest BCUT2D eigenvalue weighted by atomic mass is 10.2. The quantitative estimate of drug-likeness (QED) is 0.790. The third-order valence-corrected chi connectivity index (χ3v) is 3.68. The highest BCUT2D eigenvalue weighted by atomic mass is 19.1. The van der Waals surface area contributed by atoms with Crippen LogP contribution in [0.5, 0.6) is 11.5 Å². The predicted octanol–water partition coefficient (Wildman–Crippen LogP) is 3.88. The first-order chi connectivity index (χ1) is 12.0. The van der Waals surface area contributed by atoms with Gasteiger partial charge < -0.3 is 14.8 Å². The van der Waals surface area contributed by atoms with E-state index in [0.29, 0.717) is 13.0 Å². The predicted molar refractivity (Wildman–Crippen MR) is 95.4 cm³/mol. The minimum absolute atomic E-state index is 0.0769. The van der Waals surface area contributed by atoms with Crippen molar-refractivity contribution in [3.63, 3.8) is 0 Å². The molecule has 25 heavy (non-hydrogen) atoms. The second-order valence-corrected chi connectivity index (χ2v) is 5.98.